The zero-order valence-corrected chi connectivity index (χ0v) is 9.76. The topological polar surface area (TPSA) is 66.3 Å². The molecular formula is C11H15N5O. The van der Waals surface area contributed by atoms with E-state index in [-0.39, 0.29) is 5.69 Å². The zero-order valence-electron chi connectivity index (χ0n) is 9.76. The first kappa shape index (κ1) is 10.3. The summed E-state index contributed by atoms with van der Waals surface area (Å²) in [6, 6.07) is 2.15. The summed E-state index contributed by atoms with van der Waals surface area (Å²) >= 11 is 0. The van der Waals surface area contributed by atoms with E-state index in [1.54, 1.807) is 16.7 Å². The lowest BCUT2D eigenvalue weighted by Crippen LogP contribution is -2.40. The average molecular weight is 233 g/mol. The molecule has 3 rings (SSSR count). The molecule has 0 aromatic carbocycles. The van der Waals surface area contributed by atoms with Crippen LogP contribution in [0.5, 0.6) is 0 Å². The van der Waals surface area contributed by atoms with Crippen molar-refractivity contribution >= 4 is 11.6 Å². The fraction of sp³-hybridized carbons (Fsp3) is 0.545. The van der Waals surface area contributed by atoms with E-state index >= 15 is 0 Å². The Morgan fingerprint density at radius 2 is 2.35 bits per heavy atom. The van der Waals surface area contributed by atoms with Gasteiger partial charge in [0.15, 0.2) is 5.65 Å². The maximum Gasteiger partial charge on any atom is 0.350 e. The fourth-order valence-corrected chi connectivity index (χ4v) is 2.44. The van der Waals surface area contributed by atoms with E-state index in [4.69, 9.17) is 0 Å². The Balaban J connectivity index is 2.15. The maximum atomic E-state index is 11.7. The number of anilines is 1. The highest BCUT2D eigenvalue weighted by atomic mass is 16.1. The monoisotopic (exact) mass is 233 g/mol. The van der Waals surface area contributed by atoms with Crippen LogP contribution >= 0.6 is 0 Å². The third kappa shape index (κ3) is 1.60. The van der Waals surface area contributed by atoms with E-state index in [9.17, 15) is 4.79 Å². The average Bonchev–Trinajstić information content (AvgIpc) is 2.72. The molecule has 1 saturated heterocycles. The number of hydrogen-bond acceptors (Lipinski definition) is 4. The molecule has 17 heavy (non-hydrogen) atoms. The number of nitrogens with one attached hydrogen (secondary N) is 1. The van der Waals surface area contributed by atoms with Gasteiger partial charge in [-0.05, 0) is 26.2 Å². The first-order valence-electron chi connectivity index (χ1n) is 5.96. The Hall–Kier alpha value is -1.85. The molecule has 90 valence electrons. The number of hydrogen-bond donors (Lipinski definition) is 1. The van der Waals surface area contributed by atoms with Crippen LogP contribution in [-0.4, -0.2) is 32.2 Å². The summed E-state index contributed by atoms with van der Waals surface area (Å²) in [6.07, 6.45) is 5.24. The Kier molecular flexibility index (Phi) is 2.35. The normalized spacial score (nSPS) is 21.0. The first-order valence-corrected chi connectivity index (χ1v) is 5.96. The van der Waals surface area contributed by atoms with E-state index in [0.29, 0.717) is 17.6 Å². The number of piperidine rings is 1. The lowest BCUT2D eigenvalue weighted by molar-refractivity contribution is 0.475. The zero-order chi connectivity index (χ0) is 11.8. The fourth-order valence-electron chi connectivity index (χ4n) is 2.44. The predicted octanol–water partition coefficient (Wildman–Crippen LogP) is 0.796. The molecule has 1 aliphatic rings. The van der Waals surface area contributed by atoms with Crippen molar-refractivity contribution in [2.45, 2.75) is 32.2 Å². The Labute approximate surface area is 98.3 Å². The Bertz CT molecular complexity index is 587. The summed E-state index contributed by atoms with van der Waals surface area (Å²) < 4.78 is 1.54. The summed E-state index contributed by atoms with van der Waals surface area (Å²) in [5, 5.41) is 6.42. The highest BCUT2D eigenvalue weighted by molar-refractivity contribution is 5.45. The molecule has 1 fully saturated rings. The Morgan fingerprint density at radius 3 is 3.18 bits per heavy atom. The molecular weight excluding hydrogens is 218 g/mol. The van der Waals surface area contributed by atoms with Crippen molar-refractivity contribution in [2.24, 2.45) is 0 Å². The minimum Gasteiger partial charge on any atom is -0.339 e. The second-order valence-corrected chi connectivity index (χ2v) is 4.51. The van der Waals surface area contributed by atoms with Gasteiger partial charge >= 0.3 is 5.69 Å². The minimum atomic E-state index is -0.221. The second-order valence-electron chi connectivity index (χ2n) is 4.51. The van der Waals surface area contributed by atoms with Gasteiger partial charge in [-0.25, -0.2) is 19.3 Å². The van der Waals surface area contributed by atoms with Gasteiger partial charge in [0.05, 0.1) is 0 Å². The van der Waals surface area contributed by atoms with Crippen LogP contribution in [0.25, 0.3) is 5.65 Å². The van der Waals surface area contributed by atoms with Crippen molar-refractivity contribution in [1.82, 2.24) is 19.6 Å². The molecule has 0 amide bonds. The van der Waals surface area contributed by atoms with Crippen LogP contribution in [-0.2, 0) is 0 Å². The van der Waals surface area contributed by atoms with Crippen LogP contribution in [0.1, 0.15) is 26.2 Å². The minimum absolute atomic E-state index is 0.221. The van der Waals surface area contributed by atoms with Gasteiger partial charge in [0, 0.05) is 24.8 Å². The van der Waals surface area contributed by atoms with Crippen LogP contribution in [0, 0.1) is 0 Å². The molecule has 0 radical (unpaired) electrons. The van der Waals surface area contributed by atoms with Crippen molar-refractivity contribution in [3.8, 4) is 0 Å². The summed E-state index contributed by atoms with van der Waals surface area (Å²) in [5.41, 5.74) is 0.402. The highest BCUT2D eigenvalue weighted by Gasteiger charge is 2.22. The molecule has 6 nitrogen and oxygen atoms in total. The molecule has 0 spiro atoms. The molecule has 1 unspecified atom stereocenters. The lowest BCUT2D eigenvalue weighted by Gasteiger charge is -2.34. The predicted molar refractivity (Wildman–Crippen MR) is 64.3 cm³/mol. The van der Waals surface area contributed by atoms with Crippen molar-refractivity contribution in [3.63, 3.8) is 0 Å². The van der Waals surface area contributed by atoms with E-state index in [1.807, 2.05) is 0 Å². The van der Waals surface area contributed by atoms with E-state index < -0.39 is 0 Å². The van der Waals surface area contributed by atoms with Gasteiger partial charge in [0.25, 0.3) is 0 Å². The lowest BCUT2D eigenvalue weighted by atomic mass is 10.0. The summed E-state index contributed by atoms with van der Waals surface area (Å²) in [6.45, 7) is 3.12. The molecule has 2 aromatic heterocycles. The van der Waals surface area contributed by atoms with Crippen molar-refractivity contribution in [1.29, 1.82) is 0 Å². The van der Waals surface area contributed by atoms with Gasteiger partial charge < -0.3 is 4.90 Å². The van der Waals surface area contributed by atoms with Gasteiger partial charge in [0.2, 0.25) is 5.95 Å². The molecule has 3 heterocycles. The summed E-state index contributed by atoms with van der Waals surface area (Å²) in [4.78, 5) is 18.3. The van der Waals surface area contributed by atoms with Gasteiger partial charge in [0.1, 0.15) is 0 Å². The van der Waals surface area contributed by atoms with Gasteiger partial charge in [-0.15, -0.1) is 0 Å². The van der Waals surface area contributed by atoms with Gasteiger partial charge in [-0.1, -0.05) is 0 Å². The van der Waals surface area contributed by atoms with E-state index in [0.717, 1.165) is 19.4 Å². The van der Waals surface area contributed by atoms with Crippen LogP contribution < -0.4 is 10.6 Å². The standard InChI is InChI=1S/C11H15N5O/c1-8-4-2-3-7-15(8)10-12-6-5-9-13-14-11(17)16(9)10/h5-6,8H,2-4,7H2,1H3,(H,14,17). The molecule has 1 aliphatic heterocycles. The Morgan fingerprint density at radius 1 is 1.47 bits per heavy atom. The van der Waals surface area contributed by atoms with Crippen molar-refractivity contribution in [3.05, 3.63) is 22.7 Å². The van der Waals surface area contributed by atoms with Gasteiger partial charge in [-0.2, -0.15) is 5.10 Å². The van der Waals surface area contributed by atoms with Crippen LogP contribution in [0.3, 0.4) is 0 Å². The number of rotatable bonds is 1. The molecule has 1 atom stereocenters. The highest BCUT2D eigenvalue weighted by Crippen LogP contribution is 2.22. The third-order valence-corrected chi connectivity index (χ3v) is 3.37. The molecule has 0 bridgehead atoms. The van der Waals surface area contributed by atoms with Crippen LogP contribution in [0.2, 0.25) is 0 Å². The smallest absolute Gasteiger partial charge is 0.339 e. The molecule has 1 N–H and O–H groups in total. The van der Waals surface area contributed by atoms with Crippen LogP contribution in [0.4, 0.5) is 5.95 Å². The van der Waals surface area contributed by atoms with Crippen molar-refractivity contribution in [2.75, 3.05) is 11.4 Å². The number of fused-ring (bicyclic) bond motifs is 1. The largest absolute Gasteiger partial charge is 0.350 e. The summed E-state index contributed by atoms with van der Waals surface area (Å²) in [7, 11) is 0. The SMILES string of the molecule is CC1CCCCN1c1nccc2n[nH]c(=O)n12. The molecule has 0 aliphatic carbocycles. The number of aromatic amines is 1. The van der Waals surface area contributed by atoms with E-state index in [2.05, 4.69) is 27.0 Å². The quantitative estimate of drug-likeness (QED) is 0.791. The summed E-state index contributed by atoms with van der Waals surface area (Å²) in [5.74, 6) is 0.702. The molecule has 2 aromatic rings. The molecule has 0 saturated carbocycles. The molecule has 6 heteroatoms. The second kappa shape index (κ2) is 3.87. The number of H-pyrrole nitrogens is 1. The number of nitrogens with zero attached hydrogens (tertiary/aromatic N) is 4. The number of aromatic nitrogens is 4. The van der Waals surface area contributed by atoms with E-state index in [1.165, 1.54) is 6.42 Å². The third-order valence-electron chi connectivity index (χ3n) is 3.37. The van der Waals surface area contributed by atoms with Gasteiger partial charge in [-0.3, -0.25) is 0 Å². The first-order chi connectivity index (χ1) is 8.27. The van der Waals surface area contributed by atoms with Crippen LogP contribution in [0.15, 0.2) is 17.1 Å². The maximum absolute atomic E-state index is 11.7. The van der Waals surface area contributed by atoms with Crippen molar-refractivity contribution < 1.29 is 0 Å².